The van der Waals surface area contributed by atoms with Crippen LogP contribution in [0.5, 0.6) is 5.75 Å². The molecule has 1 fully saturated rings. The molecule has 1 aromatic carbocycles. The first kappa shape index (κ1) is 10.5. The Kier molecular flexibility index (Phi) is 3.23. The Morgan fingerprint density at radius 1 is 1.40 bits per heavy atom. The van der Waals surface area contributed by atoms with Crippen molar-refractivity contribution in [3.8, 4) is 5.75 Å². The predicted octanol–water partition coefficient (Wildman–Crippen LogP) is 0.957. The maximum atomic E-state index is 5.77. The van der Waals surface area contributed by atoms with Crippen LogP contribution in [0.15, 0.2) is 24.3 Å². The van der Waals surface area contributed by atoms with E-state index in [2.05, 4.69) is 17.4 Å². The summed E-state index contributed by atoms with van der Waals surface area (Å²) >= 11 is 0. The zero-order chi connectivity index (χ0) is 10.7. The van der Waals surface area contributed by atoms with E-state index in [4.69, 9.17) is 10.5 Å². The monoisotopic (exact) mass is 206 g/mol. The van der Waals surface area contributed by atoms with E-state index in [0.717, 1.165) is 25.4 Å². The summed E-state index contributed by atoms with van der Waals surface area (Å²) in [5.74, 6) is 2.00. The van der Waals surface area contributed by atoms with Gasteiger partial charge in [0, 0.05) is 12.5 Å². The van der Waals surface area contributed by atoms with Crippen LogP contribution in [-0.2, 0) is 0 Å². The molecule has 0 amide bonds. The Bertz CT molecular complexity index is 327. The molecule has 1 aromatic rings. The number of hydrogen-bond donors (Lipinski definition) is 2. The quantitative estimate of drug-likeness (QED) is 0.774. The van der Waals surface area contributed by atoms with Gasteiger partial charge in [0.1, 0.15) is 5.75 Å². The van der Waals surface area contributed by atoms with Crippen LogP contribution >= 0.6 is 0 Å². The van der Waals surface area contributed by atoms with Crippen LogP contribution in [0.1, 0.15) is 11.5 Å². The van der Waals surface area contributed by atoms with Gasteiger partial charge in [-0.25, -0.2) is 0 Å². The topological polar surface area (TPSA) is 47.3 Å². The Hall–Kier alpha value is -1.06. The molecular weight excluding hydrogens is 188 g/mol. The van der Waals surface area contributed by atoms with Gasteiger partial charge in [0.2, 0.25) is 0 Å². The summed E-state index contributed by atoms with van der Waals surface area (Å²) in [6.07, 6.45) is 0. The normalized spacial score (nSPS) is 25.5. The van der Waals surface area contributed by atoms with Crippen molar-refractivity contribution in [2.45, 2.75) is 5.92 Å². The molecule has 1 aliphatic heterocycles. The molecule has 0 aliphatic carbocycles. The average molecular weight is 206 g/mol. The minimum absolute atomic E-state index is 0.492. The lowest BCUT2D eigenvalue weighted by Crippen LogP contribution is -2.21. The fraction of sp³-hybridized carbons (Fsp3) is 0.500. The molecule has 1 aliphatic rings. The Morgan fingerprint density at radius 2 is 2.20 bits per heavy atom. The van der Waals surface area contributed by atoms with E-state index < -0.39 is 0 Å². The number of nitrogens with two attached hydrogens (primary N) is 1. The fourth-order valence-corrected chi connectivity index (χ4v) is 2.32. The Morgan fingerprint density at radius 3 is 2.93 bits per heavy atom. The number of benzene rings is 1. The van der Waals surface area contributed by atoms with E-state index in [9.17, 15) is 0 Å². The molecule has 3 nitrogen and oxygen atoms in total. The highest BCUT2D eigenvalue weighted by Crippen LogP contribution is 2.33. The summed E-state index contributed by atoms with van der Waals surface area (Å²) in [7, 11) is 1.72. The van der Waals surface area contributed by atoms with Crippen LogP contribution < -0.4 is 15.8 Å². The van der Waals surface area contributed by atoms with Gasteiger partial charge in [-0.05, 0) is 30.6 Å². The third-order valence-corrected chi connectivity index (χ3v) is 3.18. The smallest absolute Gasteiger partial charge is 0.122 e. The van der Waals surface area contributed by atoms with Crippen molar-refractivity contribution in [1.29, 1.82) is 0 Å². The van der Waals surface area contributed by atoms with Gasteiger partial charge >= 0.3 is 0 Å². The van der Waals surface area contributed by atoms with Crippen molar-refractivity contribution in [1.82, 2.24) is 5.32 Å². The lowest BCUT2D eigenvalue weighted by molar-refractivity contribution is 0.400. The van der Waals surface area contributed by atoms with Gasteiger partial charge < -0.3 is 15.8 Å². The lowest BCUT2D eigenvalue weighted by Gasteiger charge is -2.19. The molecular formula is C12H18N2O. The van der Waals surface area contributed by atoms with Crippen LogP contribution in [-0.4, -0.2) is 26.7 Å². The molecule has 1 heterocycles. The van der Waals surface area contributed by atoms with Gasteiger partial charge in [-0.15, -0.1) is 0 Å². The van der Waals surface area contributed by atoms with E-state index >= 15 is 0 Å². The van der Waals surface area contributed by atoms with Crippen LogP contribution in [0.3, 0.4) is 0 Å². The number of nitrogens with one attached hydrogen (secondary N) is 1. The van der Waals surface area contributed by atoms with E-state index in [1.807, 2.05) is 12.1 Å². The van der Waals surface area contributed by atoms with Gasteiger partial charge in [0.15, 0.2) is 0 Å². The summed E-state index contributed by atoms with van der Waals surface area (Å²) in [5.41, 5.74) is 7.05. The number of ether oxygens (including phenoxy) is 1. The highest BCUT2D eigenvalue weighted by molar-refractivity contribution is 5.37. The molecule has 15 heavy (non-hydrogen) atoms. The maximum Gasteiger partial charge on any atom is 0.122 e. The number of para-hydroxylation sites is 1. The molecule has 2 atom stereocenters. The zero-order valence-electron chi connectivity index (χ0n) is 9.07. The van der Waals surface area contributed by atoms with Crippen molar-refractivity contribution >= 4 is 0 Å². The van der Waals surface area contributed by atoms with E-state index in [-0.39, 0.29) is 0 Å². The number of hydrogen-bond acceptors (Lipinski definition) is 3. The third kappa shape index (κ3) is 1.98. The highest BCUT2D eigenvalue weighted by atomic mass is 16.5. The van der Waals surface area contributed by atoms with Gasteiger partial charge in [0.25, 0.3) is 0 Å². The maximum absolute atomic E-state index is 5.77. The molecule has 1 saturated heterocycles. The van der Waals surface area contributed by atoms with Crippen molar-refractivity contribution < 1.29 is 4.74 Å². The molecule has 0 bridgehead atoms. The van der Waals surface area contributed by atoms with Crippen molar-refractivity contribution in [3.05, 3.63) is 29.8 Å². The molecule has 0 spiro atoms. The highest BCUT2D eigenvalue weighted by Gasteiger charge is 2.28. The SMILES string of the molecule is COc1ccccc1C1CNCC1CN. The predicted molar refractivity (Wildman–Crippen MR) is 61.1 cm³/mol. The summed E-state index contributed by atoms with van der Waals surface area (Å²) < 4.78 is 5.38. The van der Waals surface area contributed by atoms with Gasteiger partial charge in [-0.2, -0.15) is 0 Å². The molecule has 2 unspecified atom stereocenters. The van der Waals surface area contributed by atoms with Gasteiger partial charge in [-0.3, -0.25) is 0 Å². The molecule has 3 heteroatoms. The molecule has 82 valence electrons. The number of methoxy groups -OCH3 is 1. The van der Waals surface area contributed by atoms with Crippen LogP contribution in [0.2, 0.25) is 0 Å². The summed E-state index contributed by atoms with van der Waals surface area (Å²) in [6, 6.07) is 8.21. The Labute approximate surface area is 90.6 Å². The first-order valence-corrected chi connectivity index (χ1v) is 5.40. The van der Waals surface area contributed by atoms with Crippen LogP contribution in [0.25, 0.3) is 0 Å². The number of rotatable bonds is 3. The van der Waals surface area contributed by atoms with Crippen molar-refractivity contribution in [2.24, 2.45) is 11.7 Å². The molecule has 0 radical (unpaired) electrons. The average Bonchev–Trinajstić information content (AvgIpc) is 2.76. The second-order valence-electron chi connectivity index (χ2n) is 4.00. The second-order valence-corrected chi connectivity index (χ2v) is 4.00. The third-order valence-electron chi connectivity index (χ3n) is 3.18. The molecule has 0 aromatic heterocycles. The van der Waals surface area contributed by atoms with Gasteiger partial charge in [0.05, 0.1) is 7.11 Å². The lowest BCUT2D eigenvalue weighted by atomic mass is 9.88. The van der Waals surface area contributed by atoms with Gasteiger partial charge in [-0.1, -0.05) is 18.2 Å². The fourth-order valence-electron chi connectivity index (χ4n) is 2.32. The van der Waals surface area contributed by atoms with Crippen LogP contribution in [0, 0.1) is 5.92 Å². The second kappa shape index (κ2) is 4.64. The molecule has 3 N–H and O–H groups in total. The largest absolute Gasteiger partial charge is 0.496 e. The first-order valence-electron chi connectivity index (χ1n) is 5.40. The minimum Gasteiger partial charge on any atom is -0.496 e. The summed E-state index contributed by atoms with van der Waals surface area (Å²) in [5, 5.41) is 3.39. The Balaban J connectivity index is 2.27. The molecule has 2 rings (SSSR count). The van der Waals surface area contributed by atoms with Crippen LogP contribution in [0.4, 0.5) is 0 Å². The molecule has 0 saturated carbocycles. The van der Waals surface area contributed by atoms with Crippen molar-refractivity contribution in [3.63, 3.8) is 0 Å². The van der Waals surface area contributed by atoms with E-state index in [0.29, 0.717) is 11.8 Å². The van der Waals surface area contributed by atoms with E-state index in [1.54, 1.807) is 7.11 Å². The van der Waals surface area contributed by atoms with E-state index in [1.165, 1.54) is 5.56 Å². The minimum atomic E-state index is 0.492. The standard InChI is InChI=1S/C12H18N2O/c1-15-12-5-3-2-4-10(12)11-8-14-7-9(11)6-13/h2-5,9,11,14H,6-8,13H2,1H3. The van der Waals surface area contributed by atoms with Crippen molar-refractivity contribution in [2.75, 3.05) is 26.7 Å². The summed E-state index contributed by atoms with van der Waals surface area (Å²) in [6.45, 7) is 2.75. The summed E-state index contributed by atoms with van der Waals surface area (Å²) in [4.78, 5) is 0. The zero-order valence-corrected chi connectivity index (χ0v) is 9.07. The first-order chi connectivity index (χ1) is 7.36.